The van der Waals surface area contributed by atoms with E-state index in [1.165, 1.54) is 5.56 Å². The number of methoxy groups -OCH3 is 1. The summed E-state index contributed by atoms with van der Waals surface area (Å²) < 4.78 is 5.22. The second kappa shape index (κ2) is 6.75. The summed E-state index contributed by atoms with van der Waals surface area (Å²) in [6.07, 6.45) is 0.912. The maximum absolute atomic E-state index is 5.22. The van der Waals surface area contributed by atoms with Crippen LogP contribution in [0.2, 0.25) is 0 Å². The van der Waals surface area contributed by atoms with Crippen LogP contribution in [0.5, 0.6) is 5.75 Å². The van der Waals surface area contributed by atoms with E-state index >= 15 is 0 Å². The Balaban J connectivity index is 1.93. The average Bonchev–Trinajstić information content (AvgIpc) is 2.47. The van der Waals surface area contributed by atoms with Crippen LogP contribution in [-0.2, 0) is 6.42 Å². The molecular weight excluding hydrogens is 252 g/mol. The number of ether oxygens (including phenoxy) is 1. The highest BCUT2D eigenvalue weighted by molar-refractivity contribution is 5.47. The Morgan fingerprint density at radius 3 is 2.70 bits per heavy atom. The maximum Gasteiger partial charge on any atom is 0.131 e. The summed E-state index contributed by atoms with van der Waals surface area (Å²) in [7, 11) is 3.53. The lowest BCUT2D eigenvalue weighted by Crippen LogP contribution is -2.08. The monoisotopic (exact) mass is 272 g/mol. The Kier molecular flexibility index (Phi) is 4.76. The Morgan fingerprint density at radius 1 is 1.15 bits per heavy atom. The molecule has 0 spiro atoms. The van der Waals surface area contributed by atoms with Crippen molar-refractivity contribution in [2.75, 3.05) is 31.3 Å². The SMILES string of the molecule is CNc1cc(NCCc2cccc(OC)c2)nc(C)n1. The van der Waals surface area contributed by atoms with E-state index in [1.54, 1.807) is 7.11 Å². The molecule has 0 aliphatic carbocycles. The molecule has 0 fully saturated rings. The molecule has 1 heterocycles. The number of benzene rings is 1. The van der Waals surface area contributed by atoms with Gasteiger partial charge in [0.15, 0.2) is 0 Å². The van der Waals surface area contributed by atoms with Crippen LogP contribution in [0.4, 0.5) is 11.6 Å². The summed E-state index contributed by atoms with van der Waals surface area (Å²) in [5.74, 6) is 3.30. The van der Waals surface area contributed by atoms with Crippen molar-refractivity contribution in [3.05, 3.63) is 41.7 Å². The molecule has 2 rings (SSSR count). The molecule has 0 aliphatic rings. The summed E-state index contributed by atoms with van der Waals surface area (Å²) >= 11 is 0. The molecule has 0 bridgehead atoms. The van der Waals surface area contributed by atoms with E-state index in [0.717, 1.165) is 36.2 Å². The molecule has 2 N–H and O–H groups in total. The van der Waals surface area contributed by atoms with Gasteiger partial charge in [-0.1, -0.05) is 12.1 Å². The Morgan fingerprint density at radius 2 is 1.95 bits per heavy atom. The Labute approximate surface area is 119 Å². The molecule has 0 saturated carbocycles. The predicted molar refractivity (Wildman–Crippen MR) is 81.5 cm³/mol. The second-order valence-electron chi connectivity index (χ2n) is 4.46. The summed E-state index contributed by atoms with van der Waals surface area (Å²) in [6.45, 7) is 2.70. The number of nitrogens with one attached hydrogen (secondary N) is 2. The normalized spacial score (nSPS) is 10.2. The maximum atomic E-state index is 5.22. The smallest absolute Gasteiger partial charge is 0.131 e. The molecule has 0 saturated heterocycles. The lowest BCUT2D eigenvalue weighted by Gasteiger charge is -2.09. The molecule has 0 radical (unpaired) electrons. The third-order valence-corrected chi connectivity index (χ3v) is 2.95. The Hall–Kier alpha value is -2.30. The van der Waals surface area contributed by atoms with Crippen molar-refractivity contribution in [2.24, 2.45) is 0 Å². The second-order valence-corrected chi connectivity index (χ2v) is 4.46. The first-order valence-corrected chi connectivity index (χ1v) is 6.61. The van der Waals surface area contributed by atoms with Gasteiger partial charge in [0.2, 0.25) is 0 Å². The summed E-state index contributed by atoms with van der Waals surface area (Å²) in [6, 6.07) is 9.99. The zero-order valence-corrected chi connectivity index (χ0v) is 12.1. The molecule has 1 aromatic heterocycles. The molecule has 106 valence electrons. The largest absolute Gasteiger partial charge is 0.497 e. The lowest BCUT2D eigenvalue weighted by atomic mass is 10.1. The van der Waals surface area contributed by atoms with Crippen molar-refractivity contribution in [1.82, 2.24) is 9.97 Å². The van der Waals surface area contributed by atoms with Gasteiger partial charge in [-0.3, -0.25) is 0 Å². The van der Waals surface area contributed by atoms with Gasteiger partial charge >= 0.3 is 0 Å². The number of rotatable bonds is 6. The van der Waals surface area contributed by atoms with Crippen molar-refractivity contribution in [1.29, 1.82) is 0 Å². The average molecular weight is 272 g/mol. The van der Waals surface area contributed by atoms with Crippen LogP contribution < -0.4 is 15.4 Å². The van der Waals surface area contributed by atoms with Crippen LogP contribution in [0, 0.1) is 6.92 Å². The predicted octanol–water partition coefficient (Wildman–Crippen LogP) is 2.49. The van der Waals surface area contributed by atoms with Crippen LogP contribution >= 0.6 is 0 Å². The highest BCUT2D eigenvalue weighted by atomic mass is 16.5. The van der Waals surface area contributed by atoms with Gasteiger partial charge in [0, 0.05) is 19.7 Å². The van der Waals surface area contributed by atoms with Gasteiger partial charge in [0.25, 0.3) is 0 Å². The summed E-state index contributed by atoms with van der Waals surface area (Å²) in [4.78, 5) is 8.62. The van der Waals surface area contributed by atoms with Crippen LogP contribution in [0.1, 0.15) is 11.4 Å². The minimum atomic E-state index is 0.751. The van der Waals surface area contributed by atoms with Gasteiger partial charge in [-0.25, -0.2) is 9.97 Å². The summed E-state index contributed by atoms with van der Waals surface area (Å²) in [5.41, 5.74) is 1.23. The van der Waals surface area contributed by atoms with E-state index in [4.69, 9.17) is 4.74 Å². The highest BCUT2D eigenvalue weighted by Crippen LogP contribution is 2.14. The summed E-state index contributed by atoms with van der Waals surface area (Å²) in [5, 5.41) is 6.34. The first kappa shape index (κ1) is 14.1. The van der Waals surface area contributed by atoms with Gasteiger partial charge in [-0.05, 0) is 31.0 Å². The minimum absolute atomic E-state index is 0.751. The third-order valence-electron chi connectivity index (χ3n) is 2.95. The van der Waals surface area contributed by atoms with Crippen LogP contribution in [0.3, 0.4) is 0 Å². The number of anilines is 2. The van der Waals surface area contributed by atoms with Gasteiger partial charge < -0.3 is 15.4 Å². The van der Waals surface area contributed by atoms with Gasteiger partial charge in [-0.15, -0.1) is 0 Å². The fourth-order valence-corrected chi connectivity index (χ4v) is 1.95. The first-order chi connectivity index (χ1) is 9.71. The van der Waals surface area contributed by atoms with Gasteiger partial charge in [-0.2, -0.15) is 0 Å². The molecular formula is C15H20N4O. The van der Waals surface area contributed by atoms with E-state index in [9.17, 15) is 0 Å². The van der Waals surface area contributed by atoms with Crippen molar-refractivity contribution in [3.8, 4) is 5.75 Å². The van der Waals surface area contributed by atoms with Gasteiger partial charge in [0.05, 0.1) is 7.11 Å². The number of aromatic nitrogens is 2. The van der Waals surface area contributed by atoms with Crippen molar-refractivity contribution >= 4 is 11.6 Å². The molecule has 5 nitrogen and oxygen atoms in total. The third kappa shape index (κ3) is 3.85. The zero-order valence-electron chi connectivity index (χ0n) is 12.1. The molecule has 0 aliphatic heterocycles. The Bertz CT molecular complexity index is 572. The molecule has 0 unspecified atom stereocenters. The number of nitrogens with zero attached hydrogens (tertiary/aromatic N) is 2. The van der Waals surface area contributed by atoms with E-state index in [2.05, 4.69) is 26.7 Å². The highest BCUT2D eigenvalue weighted by Gasteiger charge is 2.01. The molecule has 2 aromatic rings. The first-order valence-electron chi connectivity index (χ1n) is 6.61. The minimum Gasteiger partial charge on any atom is -0.497 e. The van der Waals surface area contributed by atoms with Crippen molar-refractivity contribution in [3.63, 3.8) is 0 Å². The van der Waals surface area contributed by atoms with E-state index in [-0.39, 0.29) is 0 Å². The lowest BCUT2D eigenvalue weighted by molar-refractivity contribution is 0.414. The quantitative estimate of drug-likeness (QED) is 0.846. The van der Waals surface area contributed by atoms with Gasteiger partial charge in [0.1, 0.15) is 23.2 Å². The van der Waals surface area contributed by atoms with Crippen LogP contribution in [0.15, 0.2) is 30.3 Å². The van der Waals surface area contributed by atoms with Crippen LogP contribution in [0.25, 0.3) is 0 Å². The molecule has 5 heteroatoms. The van der Waals surface area contributed by atoms with Crippen LogP contribution in [-0.4, -0.2) is 30.7 Å². The molecule has 1 aromatic carbocycles. The number of aryl methyl sites for hydroxylation is 1. The molecule has 0 atom stereocenters. The van der Waals surface area contributed by atoms with Crippen molar-refractivity contribution in [2.45, 2.75) is 13.3 Å². The fraction of sp³-hybridized carbons (Fsp3) is 0.333. The zero-order chi connectivity index (χ0) is 14.4. The van der Waals surface area contributed by atoms with E-state index < -0.39 is 0 Å². The topological polar surface area (TPSA) is 59.1 Å². The molecule has 0 amide bonds. The van der Waals surface area contributed by atoms with E-state index in [0.29, 0.717) is 0 Å². The fourth-order valence-electron chi connectivity index (χ4n) is 1.95. The standard InChI is InChI=1S/C15H20N4O/c1-11-18-14(16-2)10-15(19-11)17-8-7-12-5-4-6-13(9-12)20-3/h4-6,9-10H,7-8H2,1-3H3,(H2,16,17,18,19). The van der Waals surface area contributed by atoms with E-state index in [1.807, 2.05) is 38.2 Å². The molecule has 20 heavy (non-hydrogen) atoms. The number of hydrogen-bond acceptors (Lipinski definition) is 5. The van der Waals surface area contributed by atoms with Crippen molar-refractivity contribution < 1.29 is 4.74 Å². The number of hydrogen-bond donors (Lipinski definition) is 2.